The molecule has 0 unspecified atom stereocenters. The molecule has 0 N–H and O–H groups in total. The van der Waals surface area contributed by atoms with Crippen molar-refractivity contribution in [3.05, 3.63) is 64.9 Å². The van der Waals surface area contributed by atoms with Gasteiger partial charge in [-0.25, -0.2) is 4.98 Å². The molecule has 4 nitrogen and oxygen atoms in total. The molecule has 3 aromatic rings. The highest BCUT2D eigenvalue weighted by Crippen LogP contribution is 2.28. The van der Waals surface area contributed by atoms with Gasteiger partial charge >= 0.3 is 0 Å². The Balaban J connectivity index is 1.90. The molecular formula is C18H17BrN2O2. The van der Waals surface area contributed by atoms with Gasteiger partial charge in [0.15, 0.2) is 11.5 Å². The SMILES string of the molecule is COc1ccc(Cn2ccnc2-c2ccc(Br)cc2)cc1OC. The van der Waals surface area contributed by atoms with E-state index in [9.17, 15) is 0 Å². The van der Waals surface area contributed by atoms with Crippen LogP contribution in [0.2, 0.25) is 0 Å². The highest BCUT2D eigenvalue weighted by molar-refractivity contribution is 9.10. The van der Waals surface area contributed by atoms with Gasteiger partial charge in [-0.2, -0.15) is 0 Å². The molecule has 0 saturated carbocycles. The third-order valence-electron chi connectivity index (χ3n) is 3.62. The number of methoxy groups -OCH3 is 2. The summed E-state index contributed by atoms with van der Waals surface area (Å²) in [6.45, 7) is 0.714. The van der Waals surface area contributed by atoms with Crippen molar-refractivity contribution in [2.24, 2.45) is 0 Å². The predicted octanol–water partition coefficient (Wildman–Crippen LogP) is 4.38. The molecule has 0 bridgehead atoms. The Hall–Kier alpha value is -2.27. The zero-order valence-electron chi connectivity index (χ0n) is 13.0. The monoisotopic (exact) mass is 372 g/mol. The molecule has 0 aliphatic heterocycles. The van der Waals surface area contributed by atoms with Gasteiger partial charge in [0.2, 0.25) is 0 Å². The lowest BCUT2D eigenvalue weighted by molar-refractivity contribution is 0.354. The maximum Gasteiger partial charge on any atom is 0.161 e. The molecule has 3 rings (SSSR count). The van der Waals surface area contributed by atoms with Gasteiger partial charge < -0.3 is 14.0 Å². The van der Waals surface area contributed by atoms with Gasteiger partial charge in [0, 0.05) is 29.0 Å². The minimum absolute atomic E-state index is 0.714. The predicted molar refractivity (Wildman–Crippen MR) is 94.0 cm³/mol. The molecule has 0 spiro atoms. The summed E-state index contributed by atoms with van der Waals surface area (Å²) in [6.07, 6.45) is 3.80. The van der Waals surface area contributed by atoms with Gasteiger partial charge in [-0.05, 0) is 29.8 Å². The van der Waals surface area contributed by atoms with Gasteiger partial charge in [0.25, 0.3) is 0 Å². The van der Waals surface area contributed by atoms with Gasteiger partial charge in [0.1, 0.15) is 5.82 Å². The minimum atomic E-state index is 0.714. The molecule has 1 heterocycles. The number of halogens is 1. The van der Waals surface area contributed by atoms with Crippen molar-refractivity contribution in [3.8, 4) is 22.9 Å². The maximum atomic E-state index is 5.37. The molecule has 1 aromatic heterocycles. The Morgan fingerprint density at radius 2 is 1.74 bits per heavy atom. The van der Waals surface area contributed by atoms with Gasteiger partial charge in [-0.1, -0.05) is 34.1 Å². The Morgan fingerprint density at radius 1 is 1.00 bits per heavy atom. The summed E-state index contributed by atoms with van der Waals surface area (Å²) < 4.78 is 13.8. The summed E-state index contributed by atoms with van der Waals surface area (Å²) in [5.74, 6) is 2.40. The highest BCUT2D eigenvalue weighted by atomic mass is 79.9. The van der Waals surface area contributed by atoms with Crippen molar-refractivity contribution in [2.75, 3.05) is 14.2 Å². The fourth-order valence-corrected chi connectivity index (χ4v) is 2.74. The summed E-state index contributed by atoms with van der Waals surface area (Å²) >= 11 is 3.46. The largest absolute Gasteiger partial charge is 0.493 e. The lowest BCUT2D eigenvalue weighted by atomic mass is 10.1. The molecule has 23 heavy (non-hydrogen) atoms. The molecule has 0 fully saturated rings. The summed E-state index contributed by atoms with van der Waals surface area (Å²) in [4.78, 5) is 4.48. The first-order valence-electron chi connectivity index (χ1n) is 7.19. The molecule has 5 heteroatoms. The lowest BCUT2D eigenvalue weighted by Crippen LogP contribution is -2.02. The molecule has 0 saturated heterocycles. The lowest BCUT2D eigenvalue weighted by Gasteiger charge is -2.12. The third-order valence-corrected chi connectivity index (χ3v) is 4.15. The average molecular weight is 373 g/mol. The number of hydrogen-bond donors (Lipinski definition) is 0. The molecule has 0 aliphatic rings. The average Bonchev–Trinajstić information content (AvgIpc) is 3.03. The van der Waals surface area contributed by atoms with Crippen molar-refractivity contribution in [3.63, 3.8) is 0 Å². The molecule has 0 amide bonds. The van der Waals surface area contributed by atoms with E-state index in [4.69, 9.17) is 9.47 Å². The van der Waals surface area contributed by atoms with E-state index in [1.807, 2.05) is 42.7 Å². The van der Waals surface area contributed by atoms with E-state index in [-0.39, 0.29) is 0 Å². The Labute approximate surface area is 143 Å². The van der Waals surface area contributed by atoms with E-state index in [0.717, 1.165) is 32.9 Å². The number of nitrogens with zero attached hydrogens (tertiary/aromatic N) is 2. The van der Waals surface area contributed by atoms with Crippen LogP contribution in [-0.4, -0.2) is 23.8 Å². The van der Waals surface area contributed by atoms with Gasteiger partial charge in [-0.3, -0.25) is 0 Å². The fraction of sp³-hybridized carbons (Fsp3) is 0.167. The van der Waals surface area contributed by atoms with Gasteiger partial charge in [0.05, 0.1) is 14.2 Å². The topological polar surface area (TPSA) is 36.3 Å². The molecule has 0 radical (unpaired) electrons. The van der Waals surface area contributed by atoms with Crippen LogP contribution in [0.25, 0.3) is 11.4 Å². The fourth-order valence-electron chi connectivity index (χ4n) is 2.47. The molecule has 0 aliphatic carbocycles. The maximum absolute atomic E-state index is 5.37. The number of rotatable bonds is 5. The quantitative estimate of drug-likeness (QED) is 0.666. The summed E-state index contributed by atoms with van der Waals surface area (Å²) in [5, 5.41) is 0. The van der Waals surface area contributed by atoms with Crippen molar-refractivity contribution in [1.29, 1.82) is 0 Å². The first-order chi connectivity index (χ1) is 11.2. The van der Waals surface area contributed by atoms with Crippen LogP contribution in [0, 0.1) is 0 Å². The van der Waals surface area contributed by atoms with Crippen molar-refractivity contribution >= 4 is 15.9 Å². The van der Waals surface area contributed by atoms with Crippen LogP contribution in [0.5, 0.6) is 11.5 Å². The Bertz CT molecular complexity index is 797. The first kappa shape index (κ1) is 15.6. The van der Waals surface area contributed by atoms with E-state index < -0.39 is 0 Å². The number of ether oxygens (including phenoxy) is 2. The van der Waals surface area contributed by atoms with E-state index in [2.05, 4.69) is 37.6 Å². The molecule has 2 aromatic carbocycles. The first-order valence-corrected chi connectivity index (χ1v) is 7.98. The number of hydrogen-bond acceptors (Lipinski definition) is 3. The van der Waals surface area contributed by atoms with Crippen LogP contribution in [0.3, 0.4) is 0 Å². The smallest absolute Gasteiger partial charge is 0.161 e. The van der Waals surface area contributed by atoms with Crippen LogP contribution in [0.1, 0.15) is 5.56 Å². The minimum Gasteiger partial charge on any atom is -0.493 e. The number of imidazole rings is 1. The van der Waals surface area contributed by atoms with E-state index in [1.54, 1.807) is 14.2 Å². The Kier molecular flexibility index (Phi) is 4.67. The van der Waals surface area contributed by atoms with Crippen LogP contribution in [0.15, 0.2) is 59.3 Å². The van der Waals surface area contributed by atoms with Crippen molar-refractivity contribution in [2.45, 2.75) is 6.54 Å². The van der Waals surface area contributed by atoms with Crippen LogP contribution in [-0.2, 0) is 6.54 Å². The standard InChI is InChI=1S/C18H17BrN2O2/c1-22-16-8-3-13(11-17(16)23-2)12-21-10-9-20-18(21)14-4-6-15(19)7-5-14/h3-11H,12H2,1-2H3. The van der Waals surface area contributed by atoms with Crippen LogP contribution >= 0.6 is 15.9 Å². The molecule has 118 valence electrons. The number of benzene rings is 2. The molecule has 0 atom stereocenters. The summed E-state index contributed by atoms with van der Waals surface area (Å²) in [7, 11) is 3.28. The summed E-state index contributed by atoms with van der Waals surface area (Å²) in [5.41, 5.74) is 2.21. The second kappa shape index (κ2) is 6.87. The summed E-state index contributed by atoms with van der Waals surface area (Å²) in [6, 6.07) is 14.1. The second-order valence-corrected chi connectivity index (χ2v) is 5.99. The van der Waals surface area contributed by atoms with Crippen LogP contribution < -0.4 is 9.47 Å². The second-order valence-electron chi connectivity index (χ2n) is 5.07. The van der Waals surface area contributed by atoms with Crippen LogP contribution in [0.4, 0.5) is 0 Å². The zero-order valence-corrected chi connectivity index (χ0v) is 14.6. The van der Waals surface area contributed by atoms with E-state index >= 15 is 0 Å². The van der Waals surface area contributed by atoms with Crippen molar-refractivity contribution in [1.82, 2.24) is 9.55 Å². The van der Waals surface area contributed by atoms with E-state index in [0.29, 0.717) is 6.54 Å². The third kappa shape index (κ3) is 3.40. The van der Waals surface area contributed by atoms with Crippen molar-refractivity contribution < 1.29 is 9.47 Å². The Morgan fingerprint density at radius 3 is 2.43 bits per heavy atom. The highest BCUT2D eigenvalue weighted by Gasteiger charge is 2.09. The normalized spacial score (nSPS) is 10.6. The zero-order chi connectivity index (χ0) is 16.2. The number of aromatic nitrogens is 2. The van der Waals surface area contributed by atoms with Gasteiger partial charge in [-0.15, -0.1) is 0 Å². The molecular weight excluding hydrogens is 356 g/mol. The van der Waals surface area contributed by atoms with E-state index in [1.165, 1.54) is 0 Å².